The summed E-state index contributed by atoms with van der Waals surface area (Å²) >= 11 is 0. The highest BCUT2D eigenvalue weighted by Gasteiger charge is 2.15. The first-order valence-corrected chi connectivity index (χ1v) is 5.99. The second-order valence-corrected chi connectivity index (χ2v) is 4.05. The first-order valence-electron chi connectivity index (χ1n) is 5.99. The summed E-state index contributed by atoms with van der Waals surface area (Å²) in [7, 11) is 1.63. The summed E-state index contributed by atoms with van der Waals surface area (Å²) in [5.74, 6) is 5.36. The number of hydrogen-bond acceptors (Lipinski definition) is 4. The molecule has 0 aromatic heterocycles. The van der Waals surface area contributed by atoms with Gasteiger partial charge in [0.1, 0.15) is 0 Å². The van der Waals surface area contributed by atoms with E-state index in [0.717, 1.165) is 11.3 Å². The molecule has 1 amide bonds. The van der Waals surface area contributed by atoms with Gasteiger partial charge in [0.25, 0.3) is 5.91 Å². The fourth-order valence-corrected chi connectivity index (χ4v) is 1.77. The number of nitrogens with two attached hydrogens (primary N) is 1. The summed E-state index contributed by atoms with van der Waals surface area (Å²) in [5, 5.41) is 0. The van der Waals surface area contributed by atoms with E-state index in [1.54, 1.807) is 24.1 Å². The van der Waals surface area contributed by atoms with Crippen LogP contribution < -0.4 is 11.3 Å². The highest BCUT2D eigenvalue weighted by atomic mass is 16.5. The van der Waals surface area contributed by atoms with Crippen molar-refractivity contribution in [3.63, 3.8) is 0 Å². The standard InChI is InChI=1S/C13H21N3O2/c1-4-16(7-8-18-3)13(17)12-6-5-11(15-14)9-10(12)2/h5-6,9,15H,4,7-8,14H2,1-3H3. The maximum Gasteiger partial charge on any atom is 0.254 e. The van der Waals surface area contributed by atoms with E-state index in [2.05, 4.69) is 5.43 Å². The third kappa shape index (κ3) is 3.45. The van der Waals surface area contributed by atoms with E-state index < -0.39 is 0 Å². The van der Waals surface area contributed by atoms with E-state index in [4.69, 9.17) is 10.6 Å². The topological polar surface area (TPSA) is 67.6 Å². The van der Waals surface area contributed by atoms with Crippen LogP contribution in [0.2, 0.25) is 0 Å². The van der Waals surface area contributed by atoms with Crippen LogP contribution in [0.15, 0.2) is 18.2 Å². The average molecular weight is 251 g/mol. The Hall–Kier alpha value is -1.59. The van der Waals surface area contributed by atoms with Gasteiger partial charge in [-0.25, -0.2) is 0 Å². The van der Waals surface area contributed by atoms with Crippen LogP contribution in [-0.4, -0.2) is 37.6 Å². The molecule has 0 unspecified atom stereocenters. The molecule has 0 heterocycles. The number of nitrogens with zero attached hydrogens (tertiary/aromatic N) is 1. The molecule has 1 rings (SSSR count). The van der Waals surface area contributed by atoms with Crippen LogP contribution in [0.1, 0.15) is 22.8 Å². The highest BCUT2D eigenvalue weighted by Crippen LogP contribution is 2.16. The Kier molecular flexibility index (Phi) is 5.61. The summed E-state index contributed by atoms with van der Waals surface area (Å²) in [5.41, 5.74) is 4.97. The molecule has 1 aromatic rings. The van der Waals surface area contributed by atoms with Crippen LogP contribution in [0.25, 0.3) is 0 Å². The molecule has 0 saturated carbocycles. The Bertz CT molecular complexity index is 407. The first-order chi connectivity index (χ1) is 8.63. The molecule has 5 nitrogen and oxygen atoms in total. The minimum absolute atomic E-state index is 0.0237. The van der Waals surface area contributed by atoms with Gasteiger partial charge in [0.05, 0.1) is 6.61 Å². The number of carbonyl (C=O) groups is 1. The number of amides is 1. The quantitative estimate of drug-likeness (QED) is 0.592. The van der Waals surface area contributed by atoms with Crippen molar-refractivity contribution in [2.75, 3.05) is 32.2 Å². The number of nitrogens with one attached hydrogen (secondary N) is 1. The third-order valence-electron chi connectivity index (χ3n) is 2.86. The Balaban J connectivity index is 2.87. The molecule has 0 saturated heterocycles. The summed E-state index contributed by atoms with van der Waals surface area (Å²) in [6.45, 7) is 5.67. The molecule has 3 N–H and O–H groups in total. The van der Waals surface area contributed by atoms with Crippen LogP contribution in [0.3, 0.4) is 0 Å². The molecule has 0 aliphatic carbocycles. The van der Waals surface area contributed by atoms with E-state index in [9.17, 15) is 4.79 Å². The fraction of sp³-hybridized carbons (Fsp3) is 0.462. The molecule has 0 fully saturated rings. The Morgan fingerprint density at radius 2 is 2.22 bits per heavy atom. The lowest BCUT2D eigenvalue weighted by Gasteiger charge is -2.21. The number of ether oxygens (including phenoxy) is 1. The number of rotatable bonds is 6. The van der Waals surface area contributed by atoms with Gasteiger partial charge in [0.2, 0.25) is 0 Å². The van der Waals surface area contributed by atoms with Gasteiger partial charge >= 0.3 is 0 Å². The molecule has 0 atom stereocenters. The SMILES string of the molecule is CCN(CCOC)C(=O)c1ccc(NN)cc1C. The van der Waals surface area contributed by atoms with Crippen molar-refractivity contribution in [2.45, 2.75) is 13.8 Å². The fourth-order valence-electron chi connectivity index (χ4n) is 1.77. The van der Waals surface area contributed by atoms with Crippen LogP contribution in [0.5, 0.6) is 0 Å². The second kappa shape index (κ2) is 6.98. The minimum atomic E-state index is 0.0237. The summed E-state index contributed by atoms with van der Waals surface area (Å²) < 4.78 is 5.01. The zero-order valence-electron chi connectivity index (χ0n) is 11.2. The number of aryl methyl sites for hydroxylation is 1. The zero-order valence-corrected chi connectivity index (χ0v) is 11.2. The molecule has 100 valence electrons. The largest absolute Gasteiger partial charge is 0.383 e. The number of hydrazine groups is 1. The van der Waals surface area contributed by atoms with Crippen molar-refractivity contribution in [1.29, 1.82) is 0 Å². The number of anilines is 1. The Morgan fingerprint density at radius 3 is 2.72 bits per heavy atom. The molecule has 0 aliphatic heterocycles. The number of hydrogen-bond donors (Lipinski definition) is 2. The van der Waals surface area contributed by atoms with Crippen LogP contribution in [0, 0.1) is 6.92 Å². The van der Waals surface area contributed by atoms with Crippen molar-refractivity contribution in [1.82, 2.24) is 4.90 Å². The molecule has 1 aromatic carbocycles. The van der Waals surface area contributed by atoms with Gasteiger partial charge in [-0.2, -0.15) is 0 Å². The smallest absolute Gasteiger partial charge is 0.254 e. The predicted octanol–water partition coefficient (Wildman–Crippen LogP) is 1.39. The molecular weight excluding hydrogens is 230 g/mol. The molecule has 18 heavy (non-hydrogen) atoms. The Labute approximate surface area is 108 Å². The van der Waals surface area contributed by atoms with Gasteiger partial charge < -0.3 is 15.1 Å². The van der Waals surface area contributed by atoms with E-state index >= 15 is 0 Å². The number of methoxy groups -OCH3 is 1. The maximum atomic E-state index is 12.3. The Morgan fingerprint density at radius 1 is 1.50 bits per heavy atom. The molecule has 0 radical (unpaired) electrons. The number of benzene rings is 1. The number of nitrogen functional groups attached to an aromatic ring is 1. The molecule has 0 aliphatic rings. The van der Waals surface area contributed by atoms with Crippen molar-refractivity contribution in [2.24, 2.45) is 5.84 Å². The second-order valence-electron chi connectivity index (χ2n) is 4.05. The average Bonchev–Trinajstić information content (AvgIpc) is 2.39. The van der Waals surface area contributed by atoms with Crippen molar-refractivity contribution in [3.8, 4) is 0 Å². The lowest BCUT2D eigenvalue weighted by molar-refractivity contribution is 0.0706. The predicted molar refractivity (Wildman–Crippen MR) is 72.4 cm³/mol. The van der Waals surface area contributed by atoms with Gasteiger partial charge in [0.15, 0.2) is 0 Å². The normalized spacial score (nSPS) is 10.2. The molecule has 0 bridgehead atoms. The van der Waals surface area contributed by atoms with Gasteiger partial charge in [-0.05, 0) is 37.6 Å². The van der Waals surface area contributed by atoms with E-state index in [-0.39, 0.29) is 5.91 Å². The van der Waals surface area contributed by atoms with Crippen molar-refractivity contribution < 1.29 is 9.53 Å². The minimum Gasteiger partial charge on any atom is -0.383 e. The number of likely N-dealkylation sites (N-methyl/N-ethyl adjacent to an activating group) is 1. The highest BCUT2D eigenvalue weighted by molar-refractivity contribution is 5.96. The van der Waals surface area contributed by atoms with Crippen LogP contribution in [0.4, 0.5) is 5.69 Å². The molecule has 0 spiro atoms. The monoisotopic (exact) mass is 251 g/mol. The maximum absolute atomic E-state index is 12.3. The lowest BCUT2D eigenvalue weighted by atomic mass is 10.1. The summed E-state index contributed by atoms with van der Waals surface area (Å²) in [4.78, 5) is 14.1. The van der Waals surface area contributed by atoms with E-state index in [1.165, 1.54) is 0 Å². The van der Waals surface area contributed by atoms with Crippen molar-refractivity contribution >= 4 is 11.6 Å². The van der Waals surface area contributed by atoms with Gasteiger partial charge in [-0.3, -0.25) is 10.6 Å². The van der Waals surface area contributed by atoms with Gasteiger partial charge in [0, 0.05) is 31.5 Å². The van der Waals surface area contributed by atoms with E-state index in [0.29, 0.717) is 25.3 Å². The van der Waals surface area contributed by atoms with Crippen LogP contribution in [-0.2, 0) is 4.74 Å². The van der Waals surface area contributed by atoms with Crippen molar-refractivity contribution in [3.05, 3.63) is 29.3 Å². The number of carbonyl (C=O) groups excluding carboxylic acids is 1. The zero-order chi connectivity index (χ0) is 13.5. The molecule has 5 heteroatoms. The molecular formula is C13H21N3O2. The van der Waals surface area contributed by atoms with Crippen LogP contribution >= 0.6 is 0 Å². The first kappa shape index (κ1) is 14.5. The summed E-state index contributed by atoms with van der Waals surface area (Å²) in [6.07, 6.45) is 0. The summed E-state index contributed by atoms with van der Waals surface area (Å²) in [6, 6.07) is 5.45. The van der Waals surface area contributed by atoms with Gasteiger partial charge in [-0.1, -0.05) is 0 Å². The third-order valence-corrected chi connectivity index (χ3v) is 2.86. The lowest BCUT2D eigenvalue weighted by Crippen LogP contribution is -2.34. The van der Waals surface area contributed by atoms with Gasteiger partial charge in [-0.15, -0.1) is 0 Å². The van der Waals surface area contributed by atoms with E-state index in [1.807, 2.05) is 19.9 Å².